The van der Waals surface area contributed by atoms with E-state index in [1.807, 2.05) is 0 Å². The average molecular weight is 812 g/mol. The van der Waals surface area contributed by atoms with Gasteiger partial charge in [-0.2, -0.15) is 0 Å². The van der Waals surface area contributed by atoms with Gasteiger partial charge in [-0.05, 0) is 98.1 Å². The Bertz CT molecular complexity index is 1190. The zero-order valence-corrected chi connectivity index (χ0v) is 39.2. The molecule has 0 aromatic heterocycles. The van der Waals surface area contributed by atoms with Gasteiger partial charge in [0, 0.05) is 55.1 Å². The number of carbonyl (C=O) groups is 3. The molecule has 2 heterocycles. The normalized spacial score (nSPS) is 19.5. The molecule has 0 aromatic carbocycles. The molecular formula is C51H91N2O5. The van der Waals surface area contributed by atoms with E-state index in [2.05, 4.69) is 64.5 Å². The van der Waals surface area contributed by atoms with Gasteiger partial charge < -0.3 is 14.4 Å². The summed E-state index contributed by atoms with van der Waals surface area (Å²) >= 11 is 0. The van der Waals surface area contributed by atoms with Gasteiger partial charge in [0.15, 0.2) is 5.78 Å². The second-order valence-corrected chi connectivity index (χ2v) is 20.2. The highest BCUT2D eigenvalue weighted by Crippen LogP contribution is 2.46. The molecular weight excluding hydrogens is 721 g/mol. The minimum Gasteiger partial charge on any atom is -0.462 e. The second kappa shape index (κ2) is 27.4. The number of Topliss-reactive ketones (excluding diaryl/α,β-unsaturated/α-hetero) is 2. The van der Waals surface area contributed by atoms with E-state index in [0.29, 0.717) is 17.7 Å². The van der Waals surface area contributed by atoms with Crippen molar-refractivity contribution in [2.75, 3.05) is 46.4 Å². The summed E-state index contributed by atoms with van der Waals surface area (Å²) in [5.41, 5.74) is 0.365. The number of unbranched alkanes of at least 4 members (excludes halogenated alkanes) is 16. The standard InChI is InChI=1S/C51H91N2O5/c1-9-11-13-15-17-23-29-45(30-24-18-16-14-12-10-2)58-49(56)51(6,7)32-26-20-22-28-34-57-40-44-35-42(46-36-47(46)48(55)43-37-52(8)38-43)39-53(44)33-27-21-19-25-31-50(4,5)41(3)54/h36,42-45H,9-35,37-40H2,1-8H3/t42-,44-/m0/s1. The summed E-state index contributed by atoms with van der Waals surface area (Å²) in [6.07, 6.45) is 31.4. The Hall–Kier alpha value is -1.57. The Morgan fingerprint density at radius 3 is 1.83 bits per heavy atom. The van der Waals surface area contributed by atoms with Gasteiger partial charge in [-0.25, -0.2) is 0 Å². The van der Waals surface area contributed by atoms with Crippen LogP contribution in [0.4, 0.5) is 0 Å². The maximum atomic E-state index is 13.4. The van der Waals surface area contributed by atoms with Crippen LogP contribution in [0.5, 0.6) is 0 Å². The van der Waals surface area contributed by atoms with Crippen molar-refractivity contribution in [3.8, 4) is 0 Å². The van der Waals surface area contributed by atoms with Gasteiger partial charge in [0.05, 0.1) is 12.0 Å². The first-order valence-electron chi connectivity index (χ1n) is 24.6. The number of allylic oxidation sites excluding steroid dienone is 2. The largest absolute Gasteiger partial charge is 0.462 e. The van der Waals surface area contributed by atoms with Crippen molar-refractivity contribution in [1.82, 2.24) is 9.80 Å². The minimum atomic E-state index is -0.447. The number of nitrogens with zero attached hydrogens (tertiary/aromatic N) is 2. The van der Waals surface area contributed by atoms with Gasteiger partial charge in [-0.15, -0.1) is 0 Å². The summed E-state index contributed by atoms with van der Waals surface area (Å²) in [5.74, 6) is 2.60. The van der Waals surface area contributed by atoms with Gasteiger partial charge >= 0.3 is 5.97 Å². The maximum absolute atomic E-state index is 13.4. The Morgan fingerprint density at radius 2 is 1.24 bits per heavy atom. The predicted molar refractivity (Wildman–Crippen MR) is 242 cm³/mol. The lowest BCUT2D eigenvalue weighted by molar-refractivity contribution is -0.161. The summed E-state index contributed by atoms with van der Waals surface area (Å²) in [6.45, 7) is 20.0. The molecule has 7 heteroatoms. The van der Waals surface area contributed by atoms with Crippen molar-refractivity contribution in [2.45, 2.75) is 221 Å². The molecule has 58 heavy (non-hydrogen) atoms. The van der Waals surface area contributed by atoms with Crippen LogP contribution in [0.25, 0.3) is 0 Å². The topological polar surface area (TPSA) is 76.2 Å². The van der Waals surface area contributed by atoms with E-state index in [4.69, 9.17) is 9.47 Å². The molecule has 0 bridgehead atoms. The molecule has 3 aliphatic rings. The first-order chi connectivity index (χ1) is 27.8. The van der Waals surface area contributed by atoms with Gasteiger partial charge in [0.2, 0.25) is 0 Å². The Morgan fingerprint density at radius 1 is 0.707 bits per heavy atom. The van der Waals surface area contributed by atoms with E-state index >= 15 is 0 Å². The molecule has 0 saturated carbocycles. The van der Waals surface area contributed by atoms with Gasteiger partial charge in [0.1, 0.15) is 11.9 Å². The Balaban J connectivity index is 1.35. The van der Waals surface area contributed by atoms with Crippen molar-refractivity contribution in [3.05, 3.63) is 17.6 Å². The van der Waals surface area contributed by atoms with E-state index < -0.39 is 5.41 Å². The van der Waals surface area contributed by atoms with E-state index in [-0.39, 0.29) is 29.2 Å². The van der Waals surface area contributed by atoms with E-state index in [9.17, 15) is 14.4 Å². The maximum Gasteiger partial charge on any atom is 0.311 e. The van der Waals surface area contributed by atoms with Crippen LogP contribution in [0, 0.1) is 28.6 Å². The lowest BCUT2D eigenvalue weighted by Gasteiger charge is -2.34. The first kappa shape index (κ1) is 50.8. The van der Waals surface area contributed by atoms with Gasteiger partial charge in [0.25, 0.3) is 0 Å². The molecule has 7 nitrogen and oxygen atoms in total. The van der Waals surface area contributed by atoms with Crippen molar-refractivity contribution < 1.29 is 23.9 Å². The van der Waals surface area contributed by atoms with Crippen LogP contribution in [0.1, 0.15) is 209 Å². The van der Waals surface area contributed by atoms with Crippen LogP contribution in [-0.2, 0) is 23.9 Å². The highest BCUT2D eigenvalue weighted by molar-refractivity contribution is 6.07. The van der Waals surface area contributed by atoms with Crippen LogP contribution in [-0.4, -0.2) is 85.9 Å². The number of hydrogen-bond acceptors (Lipinski definition) is 7. The van der Waals surface area contributed by atoms with Gasteiger partial charge in [-0.1, -0.05) is 137 Å². The predicted octanol–water partition coefficient (Wildman–Crippen LogP) is 12.3. The molecule has 0 aromatic rings. The molecule has 0 amide bonds. The number of esters is 1. The molecule has 2 atom stereocenters. The number of ether oxygens (including phenoxy) is 2. The minimum absolute atomic E-state index is 0.000778. The number of likely N-dealkylation sites (tertiary alicyclic amines) is 2. The van der Waals surface area contributed by atoms with Crippen LogP contribution in [0.3, 0.4) is 0 Å². The third-order valence-electron chi connectivity index (χ3n) is 13.9. The van der Waals surface area contributed by atoms with Crippen LogP contribution < -0.4 is 0 Å². The zero-order chi connectivity index (χ0) is 42.4. The molecule has 0 unspecified atom stereocenters. The first-order valence-corrected chi connectivity index (χ1v) is 24.6. The smallest absolute Gasteiger partial charge is 0.311 e. The zero-order valence-electron chi connectivity index (χ0n) is 39.2. The van der Waals surface area contributed by atoms with Gasteiger partial charge in [-0.3, -0.25) is 19.3 Å². The van der Waals surface area contributed by atoms with Crippen molar-refractivity contribution in [1.29, 1.82) is 0 Å². The van der Waals surface area contributed by atoms with Crippen LogP contribution in [0.2, 0.25) is 0 Å². The number of ketones is 2. The molecule has 0 N–H and O–H groups in total. The number of hydrogen-bond donors (Lipinski definition) is 0. The SMILES string of the molecule is CCCCCCCCC(CCCCCCCC)OC(=O)C(C)(C)CCCCCCOC[C@@H]1C[C@H]([C]2C=C2C(=O)C2CN(C)C2)CN1CCCCCCC(C)(C)C(C)=O. The fraction of sp³-hybridized carbons (Fsp3) is 0.882. The Labute approximate surface area is 358 Å². The van der Waals surface area contributed by atoms with E-state index in [0.717, 1.165) is 116 Å². The fourth-order valence-corrected chi connectivity index (χ4v) is 9.15. The lowest BCUT2D eigenvalue weighted by Crippen LogP contribution is -2.47. The number of carbonyl (C=O) groups excluding carboxylic acids is 3. The van der Waals surface area contributed by atoms with Crippen molar-refractivity contribution >= 4 is 17.5 Å². The van der Waals surface area contributed by atoms with Crippen LogP contribution >= 0.6 is 0 Å². The quantitative estimate of drug-likeness (QED) is 0.0461. The summed E-state index contributed by atoms with van der Waals surface area (Å²) in [5, 5.41) is 0. The lowest BCUT2D eigenvalue weighted by atomic mass is 9.83. The van der Waals surface area contributed by atoms with Crippen LogP contribution in [0.15, 0.2) is 11.6 Å². The third kappa shape index (κ3) is 19.0. The fourth-order valence-electron chi connectivity index (χ4n) is 9.15. The molecule has 335 valence electrons. The monoisotopic (exact) mass is 812 g/mol. The highest BCUT2D eigenvalue weighted by Gasteiger charge is 2.46. The molecule has 0 spiro atoms. The van der Waals surface area contributed by atoms with Crippen molar-refractivity contribution in [2.24, 2.45) is 22.7 Å². The summed E-state index contributed by atoms with van der Waals surface area (Å²) in [4.78, 5) is 43.3. The molecule has 1 aliphatic carbocycles. The molecule has 3 rings (SSSR count). The third-order valence-corrected chi connectivity index (χ3v) is 13.9. The van der Waals surface area contributed by atoms with E-state index in [1.54, 1.807) is 6.92 Å². The summed E-state index contributed by atoms with van der Waals surface area (Å²) < 4.78 is 12.6. The highest BCUT2D eigenvalue weighted by atomic mass is 16.5. The Kier molecular flexibility index (Phi) is 24.0. The number of rotatable bonds is 36. The summed E-state index contributed by atoms with van der Waals surface area (Å²) in [6, 6.07) is 0.395. The average Bonchev–Trinajstić information content (AvgIpc) is 3.88. The second-order valence-electron chi connectivity index (χ2n) is 20.2. The molecule has 2 aliphatic heterocycles. The summed E-state index contributed by atoms with van der Waals surface area (Å²) in [7, 11) is 2.09. The molecule has 1 radical (unpaired) electrons. The molecule has 2 fully saturated rings. The van der Waals surface area contributed by atoms with E-state index in [1.165, 1.54) is 95.8 Å². The van der Waals surface area contributed by atoms with Crippen molar-refractivity contribution in [3.63, 3.8) is 0 Å². The molecule has 2 saturated heterocycles.